The Hall–Kier alpha value is -3.75. The predicted molar refractivity (Wildman–Crippen MR) is 117 cm³/mol. The highest BCUT2D eigenvalue weighted by Gasteiger charge is 2.09. The first-order valence-electron chi connectivity index (χ1n) is 10.2. The van der Waals surface area contributed by atoms with Crippen LogP contribution in [0.3, 0.4) is 0 Å². The van der Waals surface area contributed by atoms with E-state index in [0.29, 0.717) is 36.4 Å². The van der Waals surface area contributed by atoms with Gasteiger partial charge in [-0.05, 0) is 55.3 Å². The molecule has 2 aromatic rings. The zero-order valence-electron chi connectivity index (χ0n) is 18.4. The third-order valence-electron chi connectivity index (χ3n) is 4.40. The van der Waals surface area contributed by atoms with Crippen LogP contribution in [0.5, 0.6) is 17.2 Å². The molecular weight excluding hydrogens is 416 g/mol. The fourth-order valence-electron chi connectivity index (χ4n) is 2.78. The van der Waals surface area contributed by atoms with Gasteiger partial charge in [0.05, 0.1) is 20.8 Å². The number of methoxy groups -OCH3 is 2. The zero-order valence-corrected chi connectivity index (χ0v) is 18.4. The molecule has 0 aliphatic heterocycles. The number of amides is 2. The van der Waals surface area contributed by atoms with Crippen molar-refractivity contribution in [1.82, 2.24) is 10.6 Å². The van der Waals surface area contributed by atoms with E-state index in [-0.39, 0.29) is 30.7 Å². The van der Waals surface area contributed by atoms with E-state index in [4.69, 9.17) is 14.2 Å². The molecule has 0 aliphatic carbocycles. The zero-order chi connectivity index (χ0) is 23.3. The van der Waals surface area contributed by atoms with Crippen molar-refractivity contribution in [2.75, 3.05) is 33.9 Å². The molecule has 2 amide bonds. The van der Waals surface area contributed by atoms with Crippen LogP contribution in [-0.2, 0) is 16.0 Å². The second-order valence-corrected chi connectivity index (χ2v) is 6.60. The Morgan fingerprint density at radius 2 is 1.56 bits per heavy atom. The molecule has 0 unspecified atom stereocenters. The van der Waals surface area contributed by atoms with Crippen LogP contribution in [0.15, 0.2) is 42.5 Å². The Labute approximate surface area is 187 Å². The Kier molecular flexibility index (Phi) is 9.83. The first-order chi connectivity index (χ1) is 15.5. The van der Waals surface area contributed by atoms with Gasteiger partial charge in [0.1, 0.15) is 5.75 Å². The van der Waals surface area contributed by atoms with Gasteiger partial charge in [0.2, 0.25) is 5.91 Å². The highest BCUT2D eigenvalue weighted by Crippen LogP contribution is 2.27. The topological polar surface area (TPSA) is 112 Å². The molecular formula is C23H28N2O7. The van der Waals surface area contributed by atoms with Crippen LogP contribution in [-0.4, -0.2) is 51.9 Å². The Morgan fingerprint density at radius 1 is 0.875 bits per heavy atom. The van der Waals surface area contributed by atoms with Crippen LogP contribution in [0.4, 0.5) is 4.79 Å². The minimum absolute atomic E-state index is 0.116. The maximum atomic E-state index is 12.2. The van der Waals surface area contributed by atoms with Gasteiger partial charge in [-0.2, -0.15) is 0 Å². The van der Waals surface area contributed by atoms with E-state index >= 15 is 0 Å². The molecule has 0 bridgehead atoms. The molecule has 0 aliphatic rings. The Morgan fingerprint density at radius 3 is 2.22 bits per heavy atom. The number of hydrogen-bond donors (Lipinski definition) is 2. The van der Waals surface area contributed by atoms with Crippen LogP contribution in [0, 0.1) is 0 Å². The van der Waals surface area contributed by atoms with Crippen LogP contribution in [0.1, 0.15) is 29.3 Å². The van der Waals surface area contributed by atoms with Crippen LogP contribution in [0.25, 0.3) is 0 Å². The number of carbonyl (C=O) groups excluding carboxylic acids is 3. The molecule has 2 rings (SSSR count). The fraction of sp³-hybridized carbons (Fsp3) is 0.348. The highest BCUT2D eigenvalue weighted by atomic mass is 16.7. The van der Waals surface area contributed by atoms with Gasteiger partial charge in [-0.25, -0.2) is 4.79 Å². The molecule has 0 aromatic heterocycles. The van der Waals surface area contributed by atoms with Crippen molar-refractivity contribution in [3.8, 4) is 17.2 Å². The lowest BCUT2D eigenvalue weighted by Gasteiger charge is -2.10. The fourth-order valence-corrected chi connectivity index (χ4v) is 2.78. The molecule has 172 valence electrons. The molecule has 2 N–H and O–H groups in total. The highest BCUT2D eigenvalue weighted by molar-refractivity contribution is 5.94. The third-order valence-corrected chi connectivity index (χ3v) is 4.40. The van der Waals surface area contributed by atoms with Crippen molar-refractivity contribution < 1.29 is 33.3 Å². The molecule has 2 aromatic carbocycles. The van der Waals surface area contributed by atoms with Crippen LogP contribution in [0.2, 0.25) is 0 Å². The van der Waals surface area contributed by atoms with E-state index in [2.05, 4.69) is 15.4 Å². The van der Waals surface area contributed by atoms with E-state index in [1.165, 1.54) is 24.3 Å². The maximum Gasteiger partial charge on any atom is 0.513 e. The summed E-state index contributed by atoms with van der Waals surface area (Å²) in [5.41, 5.74) is 1.36. The lowest BCUT2D eigenvalue weighted by Crippen LogP contribution is -2.34. The summed E-state index contributed by atoms with van der Waals surface area (Å²) >= 11 is 0. The molecule has 0 atom stereocenters. The Bertz CT molecular complexity index is 913. The lowest BCUT2D eigenvalue weighted by atomic mass is 10.1. The van der Waals surface area contributed by atoms with Gasteiger partial charge in [0.25, 0.3) is 5.91 Å². The summed E-state index contributed by atoms with van der Waals surface area (Å²) in [5, 5.41) is 5.49. The van der Waals surface area contributed by atoms with Crippen molar-refractivity contribution in [3.05, 3.63) is 53.6 Å². The number of hydrogen-bond acceptors (Lipinski definition) is 7. The molecule has 0 saturated carbocycles. The largest absolute Gasteiger partial charge is 0.513 e. The summed E-state index contributed by atoms with van der Waals surface area (Å²) in [5.74, 6) is 1.12. The van der Waals surface area contributed by atoms with E-state index in [0.717, 1.165) is 5.56 Å². The molecule has 0 saturated heterocycles. The standard InChI is InChI=1S/C23H28N2O7/c1-4-31-23(28)32-18-9-7-17(8-10-18)22(27)25-14-13-24-21(26)12-6-16-5-11-19(29-2)20(15-16)30-3/h5,7-11,15H,4,6,12-14H2,1-3H3,(H,24,26)(H,25,27). The maximum absolute atomic E-state index is 12.2. The van der Waals surface area contributed by atoms with Gasteiger partial charge in [-0.15, -0.1) is 0 Å². The summed E-state index contributed by atoms with van der Waals surface area (Å²) < 4.78 is 20.1. The van der Waals surface area contributed by atoms with Gasteiger partial charge in [-0.3, -0.25) is 9.59 Å². The first-order valence-corrected chi connectivity index (χ1v) is 10.2. The molecule has 0 radical (unpaired) electrons. The number of aryl methyl sites for hydroxylation is 1. The summed E-state index contributed by atoms with van der Waals surface area (Å²) in [7, 11) is 3.13. The third kappa shape index (κ3) is 7.82. The normalized spacial score (nSPS) is 10.1. The molecule has 0 heterocycles. The average molecular weight is 444 g/mol. The first kappa shape index (κ1) is 24.5. The van der Waals surface area contributed by atoms with E-state index in [1.54, 1.807) is 27.2 Å². The van der Waals surface area contributed by atoms with Gasteiger partial charge in [-0.1, -0.05) is 6.07 Å². The van der Waals surface area contributed by atoms with Crippen molar-refractivity contribution in [2.24, 2.45) is 0 Å². The van der Waals surface area contributed by atoms with E-state index in [1.807, 2.05) is 12.1 Å². The lowest BCUT2D eigenvalue weighted by molar-refractivity contribution is -0.121. The van der Waals surface area contributed by atoms with Crippen molar-refractivity contribution >= 4 is 18.0 Å². The van der Waals surface area contributed by atoms with E-state index < -0.39 is 6.16 Å². The number of nitrogens with one attached hydrogen (secondary N) is 2. The molecule has 9 heteroatoms. The van der Waals surface area contributed by atoms with Gasteiger partial charge >= 0.3 is 6.16 Å². The summed E-state index contributed by atoms with van der Waals surface area (Å²) in [6.07, 6.45) is 0.0657. The average Bonchev–Trinajstić information content (AvgIpc) is 2.80. The number of benzene rings is 2. The second-order valence-electron chi connectivity index (χ2n) is 6.60. The number of carbonyl (C=O) groups is 3. The van der Waals surface area contributed by atoms with Gasteiger partial charge < -0.3 is 29.6 Å². The van der Waals surface area contributed by atoms with Crippen LogP contribution < -0.4 is 24.8 Å². The minimum Gasteiger partial charge on any atom is -0.493 e. The van der Waals surface area contributed by atoms with Crippen molar-refractivity contribution in [3.63, 3.8) is 0 Å². The van der Waals surface area contributed by atoms with Crippen LogP contribution >= 0.6 is 0 Å². The number of rotatable bonds is 11. The quantitative estimate of drug-likeness (QED) is 0.311. The summed E-state index contributed by atoms with van der Waals surface area (Å²) in [6.45, 7) is 2.48. The van der Waals surface area contributed by atoms with Gasteiger partial charge in [0.15, 0.2) is 11.5 Å². The summed E-state index contributed by atoms with van der Waals surface area (Å²) in [4.78, 5) is 35.5. The molecule has 0 spiro atoms. The predicted octanol–water partition coefficient (Wildman–Crippen LogP) is 2.72. The monoisotopic (exact) mass is 444 g/mol. The van der Waals surface area contributed by atoms with Gasteiger partial charge in [0, 0.05) is 25.1 Å². The smallest absolute Gasteiger partial charge is 0.493 e. The molecule has 32 heavy (non-hydrogen) atoms. The number of ether oxygens (including phenoxy) is 4. The SMILES string of the molecule is CCOC(=O)Oc1ccc(C(=O)NCCNC(=O)CCc2ccc(OC)c(OC)c2)cc1. The second kappa shape index (κ2) is 12.8. The Balaban J connectivity index is 1.68. The minimum atomic E-state index is -0.799. The van der Waals surface area contributed by atoms with E-state index in [9.17, 15) is 14.4 Å². The van der Waals surface area contributed by atoms with Crippen molar-refractivity contribution in [2.45, 2.75) is 19.8 Å². The molecule has 9 nitrogen and oxygen atoms in total. The molecule has 0 fully saturated rings. The van der Waals surface area contributed by atoms with Crippen molar-refractivity contribution in [1.29, 1.82) is 0 Å². The summed E-state index contributed by atoms with van der Waals surface area (Å²) in [6, 6.07) is 11.6.